The molecular formula is C11H16N2O2. The van der Waals surface area contributed by atoms with E-state index >= 15 is 0 Å². The lowest BCUT2D eigenvalue weighted by molar-refractivity contribution is 0.0685. The lowest BCUT2D eigenvalue weighted by Crippen LogP contribution is -2.53. The second-order valence-corrected chi connectivity index (χ2v) is 4.13. The van der Waals surface area contributed by atoms with Gasteiger partial charge in [0.1, 0.15) is 6.26 Å². The number of furan rings is 1. The molecule has 1 aromatic rings. The Hall–Kier alpha value is -1.13. The highest BCUT2D eigenvalue weighted by molar-refractivity contribution is 6.00. The summed E-state index contributed by atoms with van der Waals surface area (Å²) in [7, 11) is 4.04. The predicted octanol–water partition coefficient (Wildman–Crippen LogP) is 0.708. The van der Waals surface area contributed by atoms with Crippen LogP contribution in [0.15, 0.2) is 23.0 Å². The molecule has 1 saturated heterocycles. The first-order valence-corrected chi connectivity index (χ1v) is 5.13. The Balaban J connectivity index is 2.12. The molecule has 2 heterocycles. The van der Waals surface area contributed by atoms with Gasteiger partial charge < -0.3 is 9.32 Å². The van der Waals surface area contributed by atoms with Gasteiger partial charge >= 0.3 is 0 Å². The van der Waals surface area contributed by atoms with Crippen molar-refractivity contribution in [1.29, 1.82) is 0 Å². The molecule has 4 nitrogen and oxygen atoms in total. The highest BCUT2D eigenvalue weighted by Gasteiger charge is 2.29. The van der Waals surface area contributed by atoms with E-state index < -0.39 is 0 Å². The Morgan fingerprint density at radius 2 is 2.27 bits per heavy atom. The molecule has 1 fully saturated rings. The van der Waals surface area contributed by atoms with Crippen LogP contribution in [0.25, 0.3) is 0 Å². The van der Waals surface area contributed by atoms with Crippen molar-refractivity contribution in [2.75, 3.05) is 33.7 Å². The van der Waals surface area contributed by atoms with E-state index in [4.69, 9.17) is 4.42 Å². The minimum Gasteiger partial charge on any atom is -0.472 e. The molecule has 2 rings (SSSR count). The normalized spacial score (nSPS) is 24.3. The molecule has 0 bridgehead atoms. The van der Waals surface area contributed by atoms with Gasteiger partial charge in [-0.15, -0.1) is 0 Å². The van der Waals surface area contributed by atoms with Crippen LogP contribution in [-0.2, 0) is 0 Å². The van der Waals surface area contributed by atoms with Crippen molar-refractivity contribution < 1.29 is 9.21 Å². The monoisotopic (exact) mass is 208 g/mol. The van der Waals surface area contributed by atoms with Crippen LogP contribution >= 0.6 is 0 Å². The Bertz CT molecular complexity index is 334. The van der Waals surface area contributed by atoms with E-state index in [-0.39, 0.29) is 11.8 Å². The summed E-state index contributed by atoms with van der Waals surface area (Å²) in [6.07, 6.45) is 3.06. The van der Waals surface area contributed by atoms with Crippen LogP contribution in [0.3, 0.4) is 0 Å². The number of rotatable bonds is 2. The number of piperazine rings is 1. The zero-order valence-electron chi connectivity index (χ0n) is 9.14. The van der Waals surface area contributed by atoms with Crippen LogP contribution < -0.4 is 0 Å². The zero-order valence-corrected chi connectivity index (χ0v) is 9.14. The van der Waals surface area contributed by atoms with Gasteiger partial charge in [0, 0.05) is 19.6 Å². The first-order valence-electron chi connectivity index (χ1n) is 5.13. The summed E-state index contributed by atoms with van der Waals surface area (Å²) in [6, 6.07) is 1.69. The maximum atomic E-state index is 12.1. The van der Waals surface area contributed by atoms with Crippen molar-refractivity contribution in [2.24, 2.45) is 0 Å². The summed E-state index contributed by atoms with van der Waals surface area (Å²) in [4.78, 5) is 16.4. The van der Waals surface area contributed by atoms with Gasteiger partial charge in [0.2, 0.25) is 0 Å². The summed E-state index contributed by atoms with van der Waals surface area (Å²) < 4.78 is 4.94. The Morgan fingerprint density at radius 1 is 1.47 bits per heavy atom. The first-order chi connectivity index (χ1) is 7.18. The van der Waals surface area contributed by atoms with E-state index in [1.165, 1.54) is 6.26 Å². The van der Waals surface area contributed by atoms with Crippen molar-refractivity contribution >= 4 is 5.78 Å². The van der Waals surface area contributed by atoms with Crippen LogP contribution in [0.5, 0.6) is 0 Å². The van der Waals surface area contributed by atoms with Gasteiger partial charge in [-0.1, -0.05) is 0 Å². The second kappa shape index (κ2) is 4.16. The fraction of sp³-hybridized carbons (Fsp3) is 0.545. The van der Waals surface area contributed by atoms with Crippen LogP contribution in [0.1, 0.15) is 10.4 Å². The van der Waals surface area contributed by atoms with Crippen LogP contribution in [0.2, 0.25) is 0 Å². The lowest BCUT2D eigenvalue weighted by atomic mass is 10.0. The zero-order chi connectivity index (χ0) is 10.8. The molecule has 1 aliphatic heterocycles. The van der Waals surface area contributed by atoms with E-state index in [2.05, 4.69) is 9.80 Å². The van der Waals surface area contributed by atoms with Crippen molar-refractivity contribution in [3.05, 3.63) is 24.2 Å². The number of hydrogen-bond donors (Lipinski definition) is 0. The summed E-state index contributed by atoms with van der Waals surface area (Å²) in [5.74, 6) is 0.151. The molecule has 82 valence electrons. The molecule has 1 unspecified atom stereocenters. The van der Waals surface area contributed by atoms with Crippen LogP contribution in [0.4, 0.5) is 0 Å². The maximum Gasteiger partial charge on any atom is 0.184 e. The van der Waals surface area contributed by atoms with Gasteiger partial charge in [0.05, 0.1) is 17.9 Å². The van der Waals surface area contributed by atoms with Crippen molar-refractivity contribution in [2.45, 2.75) is 6.04 Å². The minimum atomic E-state index is -0.0404. The topological polar surface area (TPSA) is 36.7 Å². The molecule has 0 radical (unpaired) electrons. The van der Waals surface area contributed by atoms with Gasteiger partial charge in [-0.2, -0.15) is 0 Å². The smallest absolute Gasteiger partial charge is 0.184 e. The van der Waals surface area contributed by atoms with Gasteiger partial charge in [-0.25, -0.2) is 0 Å². The summed E-state index contributed by atoms with van der Waals surface area (Å²) in [5, 5.41) is 0. The lowest BCUT2D eigenvalue weighted by Gasteiger charge is -2.36. The fourth-order valence-electron chi connectivity index (χ4n) is 1.89. The Labute approximate surface area is 89.5 Å². The number of hydrogen-bond acceptors (Lipinski definition) is 4. The largest absolute Gasteiger partial charge is 0.472 e. The van der Waals surface area contributed by atoms with E-state index in [9.17, 15) is 4.79 Å². The van der Waals surface area contributed by atoms with Crippen molar-refractivity contribution in [3.63, 3.8) is 0 Å². The number of likely N-dealkylation sites (N-methyl/N-ethyl adjacent to an activating group) is 2. The molecule has 1 aliphatic rings. The summed E-state index contributed by atoms with van der Waals surface area (Å²) >= 11 is 0. The average molecular weight is 208 g/mol. The molecule has 1 atom stereocenters. The number of carbonyl (C=O) groups excluding carboxylic acids is 1. The molecule has 0 aromatic carbocycles. The van der Waals surface area contributed by atoms with E-state index in [1.807, 2.05) is 14.1 Å². The van der Waals surface area contributed by atoms with Crippen LogP contribution in [0, 0.1) is 0 Å². The molecule has 0 amide bonds. The SMILES string of the molecule is CN1CCN(C)C(C(=O)c2ccoc2)C1. The summed E-state index contributed by atoms with van der Waals surface area (Å²) in [5.41, 5.74) is 0.669. The van der Waals surface area contributed by atoms with Gasteiger partial charge in [-0.3, -0.25) is 9.69 Å². The van der Waals surface area contributed by atoms with Gasteiger partial charge in [0.25, 0.3) is 0 Å². The van der Waals surface area contributed by atoms with E-state index in [0.29, 0.717) is 5.56 Å². The molecule has 0 saturated carbocycles. The molecule has 0 spiro atoms. The number of ketones is 1. The molecule has 15 heavy (non-hydrogen) atoms. The number of Topliss-reactive ketones (excluding diaryl/α,β-unsaturated/α-hetero) is 1. The van der Waals surface area contributed by atoms with Crippen molar-refractivity contribution in [3.8, 4) is 0 Å². The molecule has 4 heteroatoms. The standard InChI is InChI=1S/C11H16N2O2/c1-12-4-5-13(2)10(7-12)11(14)9-3-6-15-8-9/h3,6,8,10H,4-5,7H2,1-2H3. The van der Waals surface area contributed by atoms with Gasteiger partial charge in [0.15, 0.2) is 5.78 Å². The molecule has 0 aliphatic carbocycles. The third kappa shape index (κ3) is 2.11. The fourth-order valence-corrected chi connectivity index (χ4v) is 1.89. The van der Waals surface area contributed by atoms with Gasteiger partial charge in [-0.05, 0) is 20.2 Å². The highest BCUT2D eigenvalue weighted by atomic mass is 16.3. The number of carbonyl (C=O) groups is 1. The third-order valence-electron chi connectivity index (χ3n) is 2.96. The Kier molecular flexibility index (Phi) is 2.88. The molecule has 1 aromatic heterocycles. The third-order valence-corrected chi connectivity index (χ3v) is 2.96. The predicted molar refractivity (Wildman–Crippen MR) is 57.0 cm³/mol. The summed E-state index contributed by atoms with van der Waals surface area (Å²) in [6.45, 7) is 2.75. The first kappa shape index (κ1) is 10.4. The molecule has 0 N–H and O–H groups in total. The average Bonchev–Trinajstić information content (AvgIpc) is 2.74. The molecular weight excluding hydrogens is 192 g/mol. The van der Waals surface area contributed by atoms with E-state index in [0.717, 1.165) is 19.6 Å². The second-order valence-electron chi connectivity index (χ2n) is 4.13. The van der Waals surface area contributed by atoms with Crippen LogP contribution in [-0.4, -0.2) is 55.4 Å². The highest BCUT2D eigenvalue weighted by Crippen LogP contribution is 2.12. The Morgan fingerprint density at radius 3 is 2.93 bits per heavy atom. The number of nitrogens with zero attached hydrogens (tertiary/aromatic N) is 2. The van der Waals surface area contributed by atoms with E-state index in [1.54, 1.807) is 12.3 Å². The minimum absolute atomic E-state index is 0.0404. The maximum absolute atomic E-state index is 12.1. The quantitative estimate of drug-likeness (QED) is 0.671. The van der Waals surface area contributed by atoms with Crippen molar-refractivity contribution in [1.82, 2.24) is 9.80 Å².